The molecule has 0 heterocycles. The zero-order valence-electron chi connectivity index (χ0n) is 41.0. The molecular formula is C55H106O5. The number of hydrogen-bond acceptors (Lipinski definition) is 5. The number of esters is 2. The molecule has 0 spiro atoms. The quantitative estimate of drug-likeness (QED) is 0.0347. The number of rotatable bonds is 51. The molecule has 0 unspecified atom stereocenters. The zero-order valence-corrected chi connectivity index (χ0v) is 41.0. The van der Waals surface area contributed by atoms with Crippen molar-refractivity contribution in [2.75, 3.05) is 19.8 Å². The number of hydrogen-bond donors (Lipinski definition) is 0. The Morgan fingerprint density at radius 1 is 0.333 bits per heavy atom. The topological polar surface area (TPSA) is 61.8 Å². The molecule has 0 rings (SSSR count). The minimum Gasteiger partial charge on any atom is -0.463 e. The maximum absolute atomic E-state index is 12.6. The number of carbonyl (C=O) groups excluding carboxylic acids is 2. The second-order valence-corrected chi connectivity index (χ2v) is 18.5. The summed E-state index contributed by atoms with van der Waals surface area (Å²) in [6.45, 7) is 7.78. The Morgan fingerprint density at radius 2 is 0.583 bits per heavy atom. The summed E-state index contributed by atoms with van der Waals surface area (Å²) >= 11 is 0. The normalized spacial score (nSPS) is 12.1. The highest BCUT2D eigenvalue weighted by atomic mass is 16.6. The van der Waals surface area contributed by atoms with Crippen LogP contribution >= 0.6 is 0 Å². The van der Waals surface area contributed by atoms with Gasteiger partial charge < -0.3 is 14.2 Å². The second kappa shape index (κ2) is 52.0. The Hall–Kier alpha value is -1.36. The molecule has 0 bridgehead atoms. The maximum atomic E-state index is 12.6. The molecule has 0 fully saturated rings. The third-order valence-electron chi connectivity index (χ3n) is 12.3. The van der Waals surface area contributed by atoms with Gasteiger partial charge in [0.2, 0.25) is 0 Å². The molecule has 0 saturated carbocycles. The van der Waals surface area contributed by atoms with Gasteiger partial charge in [0.05, 0.1) is 0 Å². The number of ether oxygens (including phenoxy) is 3. The summed E-state index contributed by atoms with van der Waals surface area (Å²) in [5.41, 5.74) is 0. The van der Waals surface area contributed by atoms with Gasteiger partial charge in [-0.15, -0.1) is 0 Å². The van der Waals surface area contributed by atoms with Crippen LogP contribution in [0.15, 0.2) is 12.2 Å². The zero-order chi connectivity index (χ0) is 43.5. The summed E-state index contributed by atoms with van der Waals surface area (Å²) in [6, 6.07) is 0. The van der Waals surface area contributed by atoms with Gasteiger partial charge in [0.25, 0.3) is 0 Å². The summed E-state index contributed by atoms with van der Waals surface area (Å²) in [4.78, 5) is 25.2. The van der Waals surface area contributed by atoms with Crippen LogP contribution in [0.1, 0.15) is 303 Å². The van der Waals surface area contributed by atoms with Crippen molar-refractivity contribution in [3.63, 3.8) is 0 Å². The van der Waals surface area contributed by atoms with E-state index in [1.807, 2.05) is 0 Å². The van der Waals surface area contributed by atoms with Gasteiger partial charge >= 0.3 is 11.9 Å². The third kappa shape index (κ3) is 49.3. The Kier molecular flexibility index (Phi) is 50.8. The van der Waals surface area contributed by atoms with E-state index in [1.165, 1.54) is 231 Å². The second-order valence-electron chi connectivity index (χ2n) is 18.5. The van der Waals surface area contributed by atoms with Crippen LogP contribution < -0.4 is 0 Å². The first-order chi connectivity index (χ1) is 29.6. The van der Waals surface area contributed by atoms with Crippen molar-refractivity contribution in [1.82, 2.24) is 0 Å². The van der Waals surface area contributed by atoms with Crippen LogP contribution in [0.4, 0.5) is 0 Å². The van der Waals surface area contributed by atoms with Crippen molar-refractivity contribution in [3.8, 4) is 0 Å². The predicted molar refractivity (Wildman–Crippen MR) is 261 cm³/mol. The first-order valence-corrected chi connectivity index (χ1v) is 27.2. The molecule has 0 aromatic heterocycles. The van der Waals surface area contributed by atoms with E-state index in [0.29, 0.717) is 19.4 Å². The van der Waals surface area contributed by atoms with Gasteiger partial charge in [0.15, 0.2) is 0 Å². The highest BCUT2D eigenvalue weighted by molar-refractivity contribution is 5.69. The molecule has 0 aliphatic carbocycles. The Balaban J connectivity index is 4.20. The molecule has 5 heteroatoms. The van der Waals surface area contributed by atoms with Crippen LogP contribution in [-0.2, 0) is 23.8 Å². The fourth-order valence-corrected chi connectivity index (χ4v) is 8.19. The van der Waals surface area contributed by atoms with E-state index >= 15 is 0 Å². The van der Waals surface area contributed by atoms with Gasteiger partial charge in [-0.05, 0) is 44.9 Å². The Bertz CT molecular complexity index is 871. The molecule has 0 N–H and O–H groups in total. The molecular weight excluding hydrogens is 741 g/mol. The van der Waals surface area contributed by atoms with Crippen LogP contribution in [0, 0.1) is 0 Å². The van der Waals surface area contributed by atoms with Crippen molar-refractivity contribution in [2.24, 2.45) is 0 Å². The molecule has 5 nitrogen and oxygen atoms in total. The molecule has 0 amide bonds. The summed E-state index contributed by atoms with van der Waals surface area (Å²) in [5, 5.41) is 0. The van der Waals surface area contributed by atoms with E-state index in [-0.39, 0.29) is 25.2 Å². The molecule has 60 heavy (non-hydrogen) atoms. The van der Waals surface area contributed by atoms with Gasteiger partial charge in [0.1, 0.15) is 19.3 Å². The fraction of sp³-hybridized carbons (Fsp3) is 0.927. The van der Waals surface area contributed by atoms with E-state index < -0.39 is 6.10 Å². The molecule has 356 valence electrons. The molecule has 0 aromatic rings. The van der Waals surface area contributed by atoms with Crippen LogP contribution in [-0.4, -0.2) is 37.9 Å². The average molecular weight is 847 g/mol. The lowest BCUT2D eigenvalue weighted by Gasteiger charge is -2.18. The van der Waals surface area contributed by atoms with Gasteiger partial charge in [0, 0.05) is 19.4 Å². The molecule has 0 saturated heterocycles. The standard InChI is InChI=1S/C55H106O5/c1-4-7-10-13-16-19-22-25-27-29-32-35-38-41-44-47-50-58-53(51-59-54(56)48-45-42-39-36-33-30-24-21-18-15-12-9-6-3)52-60-55(57)49-46-43-40-37-34-31-28-26-23-20-17-14-11-8-5-2/h20,23,53H,4-19,21-22,24-52H2,1-3H3/b23-20-/t53-/m0/s1. The minimum absolute atomic E-state index is 0.158. The third-order valence-corrected chi connectivity index (χ3v) is 12.3. The fourth-order valence-electron chi connectivity index (χ4n) is 8.19. The number of carbonyl (C=O) groups is 2. The Labute approximate surface area is 375 Å². The summed E-state index contributed by atoms with van der Waals surface area (Å²) in [6.07, 6.45) is 59.5. The monoisotopic (exact) mass is 847 g/mol. The number of allylic oxidation sites excluding steroid dienone is 2. The molecule has 0 radical (unpaired) electrons. The van der Waals surface area contributed by atoms with Crippen molar-refractivity contribution in [3.05, 3.63) is 12.2 Å². The minimum atomic E-state index is -0.392. The molecule has 1 atom stereocenters. The summed E-state index contributed by atoms with van der Waals surface area (Å²) in [5.74, 6) is -0.319. The van der Waals surface area contributed by atoms with Crippen molar-refractivity contribution < 1.29 is 23.8 Å². The first-order valence-electron chi connectivity index (χ1n) is 27.2. The highest BCUT2D eigenvalue weighted by Gasteiger charge is 2.16. The molecule has 0 aliphatic heterocycles. The van der Waals surface area contributed by atoms with Crippen LogP contribution in [0.3, 0.4) is 0 Å². The van der Waals surface area contributed by atoms with Gasteiger partial charge in [-0.2, -0.15) is 0 Å². The molecule has 0 aromatic carbocycles. The van der Waals surface area contributed by atoms with Crippen molar-refractivity contribution in [1.29, 1.82) is 0 Å². The van der Waals surface area contributed by atoms with E-state index in [4.69, 9.17) is 14.2 Å². The van der Waals surface area contributed by atoms with E-state index in [9.17, 15) is 9.59 Å². The maximum Gasteiger partial charge on any atom is 0.305 e. The van der Waals surface area contributed by atoms with Gasteiger partial charge in [-0.25, -0.2) is 0 Å². The summed E-state index contributed by atoms with van der Waals surface area (Å²) < 4.78 is 17.5. The SMILES string of the molecule is CCCCCC/C=C\CCCCCCCCCC(=O)OC[C@H](COC(=O)CCCCCCCCCCCCCCC)OCCCCCCCCCCCCCCCCCC. The van der Waals surface area contributed by atoms with E-state index in [1.54, 1.807) is 0 Å². The van der Waals surface area contributed by atoms with Crippen molar-refractivity contribution in [2.45, 2.75) is 309 Å². The number of unbranched alkanes of at least 4 members (excludes halogenated alkanes) is 38. The largest absolute Gasteiger partial charge is 0.463 e. The first kappa shape index (κ1) is 58.6. The molecule has 0 aliphatic rings. The smallest absolute Gasteiger partial charge is 0.305 e. The highest BCUT2D eigenvalue weighted by Crippen LogP contribution is 2.16. The van der Waals surface area contributed by atoms with Gasteiger partial charge in [-0.3, -0.25) is 9.59 Å². The van der Waals surface area contributed by atoms with Crippen LogP contribution in [0.25, 0.3) is 0 Å². The lowest BCUT2D eigenvalue weighted by molar-refractivity contribution is -0.155. The average Bonchev–Trinajstić information content (AvgIpc) is 3.25. The van der Waals surface area contributed by atoms with Crippen LogP contribution in [0.2, 0.25) is 0 Å². The lowest BCUT2D eigenvalue weighted by Crippen LogP contribution is -2.29. The predicted octanol–water partition coefficient (Wildman–Crippen LogP) is 18.2. The summed E-state index contributed by atoms with van der Waals surface area (Å²) in [7, 11) is 0. The Morgan fingerprint density at radius 3 is 0.900 bits per heavy atom. The van der Waals surface area contributed by atoms with E-state index in [0.717, 1.165) is 38.5 Å². The van der Waals surface area contributed by atoms with Gasteiger partial charge in [-0.1, -0.05) is 258 Å². The van der Waals surface area contributed by atoms with Crippen LogP contribution in [0.5, 0.6) is 0 Å². The van der Waals surface area contributed by atoms with E-state index in [2.05, 4.69) is 32.9 Å². The van der Waals surface area contributed by atoms with Crippen molar-refractivity contribution >= 4 is 11.9 Å². The lowest BCUT2D eigenvalue weighted by atomic mass is 10.0.